The maximum atomic E-state index is 13.2. The molecule has 0 aliphatic carbocycles. The van der Waals surface area contributed by atoms with Gasteiger partial charge in [0.1, 0.15) is 5.82 Å². The van der Waals surface area contributed by atoms with Crippen molar-refractivity contribution in [3.8, 4) is 0 Å². The molecular weight excluding hydrogens is 413 g/mol. The number of halogens is 1. The fourth-order valence-electron chi connectivity index (χ4n) is 2.86. The number of hydrogen-bond donors (Lipinski definition) is 2. The van der Waals surface area contributed by atoms with Crippen molar-refractivity contribution in [3.63, 3.8) is 0 Å². The first-order valence-corrected chi connectivity index (χ1v) is 10.3. The van der Waals surface area contributed by atoms with E-state index in [0.29, 0.717) is 49.3 Å². The van der Waals surface area contributed by atoms with Crippen LogP contribution in [0.3, 0.4) is 0 Å². The molecule has 0 bridgehead atoms. The highest BCUT2D eigenvalue weighted by atomic mass is 32.1. The molecule has 9 nitrogen and oxygen atoms in total. The fraction of sp³-hybridized carbons (Fsp3) is 0.368. The van der Waals surface area contributed by atoms with Gasteiger partial charge in [-0.3, -0.25) is 10.1 Å². The first-order chi connectivity index (χ1) is 14.4. The average molecular weight is 435 g/mol. The molecule has 4 amide bonds. The molecule has 0 saturated carbocycles. The number of nitrogens with zero attached hydrogens (tertiary/aromatic N) is 3. The van der Waals surface area contributed by atoms with Gasteiger partial charge in [-0.05, 0) is 25.1 Å². The summed E-state index contributed by atoms with van der Waals surface area (Å²) >= 11 is 1.21. The standard InChI is InChI=1S/C19H22FN5O4S/c1-2-29-19(28)25-8-6-24(7-9-25)18(27)23-17-22-15(12-30-17)11-16(26)21-14-5-3-4-13(20)10-14/h3-5,10,12H,2,6-9,11H2,1H3,(H,21,26)(H,22,23,27). The van der Waals surface area contributed by atoms with Crippen LogP contribution in [0.15, 0.2) is 29.6 Å². The summed E-state index contributed by atoms with van der Waals surface area (Å²) in [7, 11) is 0. The summed E-state index contributed by atoms with van der Waals surface area (Å²) in [6.07, 6.45) is -0.375. The fourth-order valence-corrected chi connectivity index (χ4v) is 3.56. The van der Waals surface area contributed by atoms with Gasteiger partial charge in [0.2, 0.25) is 5.91 Å². The van der Waals surface area contributed by atoms with E-state index >= 15 is 0 Å². The number of ether oxygens (including phenoxy) is 1. The summed E-state index contributed by atoms with van der Waals surface area (Å²) < 4.78 is 18.1. The van der Waals surface area contributed by atoms with Gasteiger partial charge >= 0.3 is 12.1 Å². The topological polar surface area (TPSA) is 104 Å². The van der Waals surface area contributed by atoms with Crippen LogP contribution < -0.4 is 10.6 Å². The molecule has 3 rings (SSSR count). The number of piperazine rings is 1. The van der Waals surface area contributed by atoms with E-state index in [9.17, 15) is 18.8 Å². The molecule has 11 heteroatoms. The van der Waals surface area contributed by atoms with Gasteiger partial charge < -0.3 is 19.9 Å². The second-order valence-corrected chi connectivity index (χ2v) is 7.34. The zero-order valence-corrected chi connectivity index (χ0v) is 17.2. The molecule has 1 saturated heterocycles. The van der Waals surface area contributed by atoms with Gasteiger partial charge in [0, 0.05) is 37.2 Å². The van der Waals surface area contributed by atoms with Crippen molar-refractivity contribution >= 4 is 40.2 Å². The van der Waals surface area contributed by atoms with E-state index in [1.807, 2.05) is 0 Å². The van der Waals surface area contributed by atoms with Gasteiger partial charge in [-0.1, -0.05) is 6.07 Å². The molecule has 1 aromatic carbocycles. The molecule has 2 aromatic rings. The second kappa shape index (κ2) is 10.0. The Bertz CT molecular complexity index is 914. The Morgan fingerprint density at radius 3 is 2.60 bits per heavy atom. The molecule has 0 atom stereocenters. The Balaban J connectivity index is 1.46. The first kappa shape index (κ1) is 21.5. The Morgan fingerprint density at radius 2 is 1.90 bits per heavy atom. The summed E-state index contributed by atoms with van der Waals surface area (Å²) in [5, 5.41) is 7.37. The molecule has 0 spiro atoms. The molecule has 2 heterocycles. The largest absolute Gasteiger partial charge is 0.450 e. The Morgan fingerprint density at radius 1 is 1.17 bits per heavy atom. The van der Waals surface area contributed by atoms with E-state index in [1.165, 1.54) is 29.5 Å². The average Bonchev–Trinajstić information content (AvgIpc) is 3.14. The van der Waals surface area contributed by atoms with Crippen LogP contribution in [0.1, 0.15) is 12.6 Å². The number of carbonyl (C=O) groups excluding carboxylic acids is 3. The number of urea groups is 1. The van der Waals surface area contributed by atoms with E-state index in [2.05, 4.69) is 15.6 Å². The summed E-state index contributed by atoms with van der Waals surface area (Å²) in [4.78, 5) is 43.6. The number of thiazole rings is 1. The molecule has 1 fully saturated rings. The van der Waals surface area contributed by atoms with Gasteiger partial charge in [-0.25, -0.2) is 19.0 Å². The van der Waals surface area contributed by atoms with Crippen LogP contribution in [0.2, 0.25) is 0 Å². The smallest absolute Gasteiger partial charge is 0.409 e. The summed E-state index contributed by atoms with van der Waals surface area (Å²) in [6, 6.07) is 5.31. The number of hydrogen-bond acceptors (Lipinski definition) is 6. The molecule has 30 heavy (non-hydrogen) atoms. The van der Waals surface area contributed by atoms with Crippen LogP contribution in [-0.4, -0.2) is 65.6 Å². The summed E-state index contributed by atoms with van der Waals surface area (Å²) in [6.45, 7) is 3.63. The lowest BCUT2D eigenvalue weighted by molar-refractivity contribution is -0.115. The SMILES string of the molecule is CCOC(=O)N1CCN(C(=O)Nc2nc(CC(=O)Nc3cccc(F)c3)cs2)CC1. The van der Waals surface area contributed by atoms with Crippen molar-refractivity contribution in [2.45, 2.75) is 13.3 Å². The van der Waals surface area contributed by atoms with Crippen molar-refractivity contribution in [3.05, 3.63) is 41.2 Å². The minimum Gasteiger partial charge on any atom is -0.450 e. The van der Waals surface area contributed by atoms with Gasteiger partial charge in [-0.15, -0.1) is 11.3 Å². The van der Waals surface area contributed by atoms with Gasteiger partial charge in [-0.2, -0.15) is 0 Å². The maximum Gasteiger partial charge on any atom is 0.409 e. The lowest BCUT2D eigenvalue weighted by Crippen LogP contribution is -2.51. The Hall–Kier alpha value is -3.21. The van der Waals surface area contributed by atoms with Crippen molar-refractivity contribution < 1.29 is 23.5 Å². The highest BCUT2D eigenvalue weighted by molar-refractivity contribution is 7.13. The molecule has 0 unspecified atom stereocenters. The first-order valence-electron chi connectivity index (χ1n) is 9.42. The highest BCUT2D eigenvalue weighted by Gasteiger charge is 2.25. The number of nitrogens with one attached hydrogen (secondary N) is 2. The van der Waals surface area contributed by atoms with Crippen LogP contribution in [-0.2, 0) is 16.0 Å². The van der Waals surface area contributed by atoms with Crippen LogP contribution >= 0.6 is 11.3 Å². The molecule has 2 N–H and O–H groups in total. The maximum absolute atomic E-state index is 13.2. The molecule has 0 radical (unpaired) electrons. The predicted octanol–water partition coefficient (Wildman–Crippen LogP) is 2.77. The molecule has 1 aliphatic rings. The Kier molecular flexibility index (Phi) is 7.17. The number of benzene rings is 1. The highest BCUT2D eigenvalue weighted by Crippen LogP contribution is 2.18. The van der Waals surface area contributed by atoms with Crippen LogP contribution in [0.25, 0.3) is 0 Å². The van der Waals surface area contributed by atoms with Crippen molar-refractivity contribution in [1.29, 1.82) is 0 Å². The molecule has 1 aromatic heterocycles. The third kappa shape index (κ3) is 5.89. The minimum absolute atomic E-state index is 0.00109. The lowest BCUT2D eigenvalue weighted by atomic mass is 10.3. The number of amides is 4. The second-order valence-electron chi connectivity index (χ2n) is 6.48. The number of aromatic nitrogens is 1. The van der Waals surface area contributed by atoms with E-state index in [0.717, 1.165) is 0 Å². The third-order valence-corrected chi connectivity index (χ3v) is 5.12. The van der Waals surface area contributed by atoms with E-state index in [4.69, 9.17) is 4.74 Å². The summed E-state index contributed by atoms with van der Waals surface area (Å²) in [5.74, 6) is -0.770. The van der Waals surface area contributed by atoms with Crippen LogP contribution in [0.5, 0.6) is 0 Å². The third-order valence-electron chi connectivity index (χ3n) is 4.31. The van der Waals surface area contributed by atoms with Crippen molar-refractivity contribution in [2.75, 3.05) is 43.4 Å². The molecule has 160 valence electrons. The number of carbonyl (C=O) groups is 3. The van der Waals surface area contributed by atoms with Crippen molar-refractivity contribution in [2.24, 2.45) is 0 Å². The molecular formula is C19H22FN5O4S. The lowest BCUT2D eigenvalue weighted by Gasteiger charge is -2.33. The van der Waals surface area contributed by atoms with Crippen LogP contribution in [0.4, 0.5) is 24.8 Å². The monoisotopic (exact) mass is 435 g/mol. The quantitative estimate of drug-likeness (QED) is 0.752. The normalized spacial score (nSPS) is 13.7. The Labute approximate surface area is 176 Å². The van der Waals surface area contributed by atoms with E-state index < -0.39 is 5.82 Å². The van der Waals surface area contributed by atoms with E-state index in [-0.39, 0.29) is 24.5 Å². The van der Waals surface area contributed by atoms with Gasteiger partial charge in [0.05, 0.1) is 18.7 Å². The van der Waals surface area contributed by atoms with Crippen LogP contribution in [0, 0.1) is 5.82 Å². The van der Waals surface area contributed by atoms with Crippen molar-refractivity contribution in [1.82, 2.24) is 14.8 Å². The number of rotatable bonds is 5. The van der Waals surface area contributed by atoms with Gasteiger partial charge in [0.15, 0.2) is 5.13 Å². The van der Waals surface area contributed by atoms with E-state index in [1.54, 1.807) is 28.2 Å². The molecule has 1 aliphatic heterocycles. The zero-order valence-electron chi connectivity index (χ0n) is 16.4. The number of anilines is 2. The summed E-state index contributed by atoms with van der Waals surface area (Å²) in [5.41, 5.74) is 0.863. The zero-order chi connectivity index (χ0) is 21.5. The minimum atomic E-state index is -0.436. The predicted molar refractivity (Wildman–Crippen MR) is 110 cm³/mol. The van der Waals surface area contributed by atoms with Gasteiger partial charge in [0.25, 0.3) is 0 Å².